The largest absolute Gasteiger partial charge is 0.366 e. The fraction of sp³-hybridized carbons (Fsp3) is 0.348. The molecule has 0 spiro atoms. The lowest BCUT2D eigenvalue weighted by Crippen LogP contribution is -2.45. The number of amides is 3. The molecule has 3 amide bonds. The summed E-state index contributed by atoms with van der Waals surface area (Å²) in [5.74, 6) is -0.984. The molecule has 0 unspecified atom stereocenters. The van der Waals surface area contributed by atoms with Crippen LogP contribution in [0.1, 0.15) is 59.5 Å². The van der Waals surface area contributed by atoms with Crippen molar-refractivity contribution < 1.29 is 14.4 Å². The number of nitrogens with one attached hydrogen (secondary N) is 1. The Labute approximate surface area is 172 Å². The molecule has 0 aromatic heterocycles. The molecule has 2 aromatic rings. The van der Waals surface area contributed by atoms with Gasteiger partial charge in [-0.25, -0.2) is 0 Å². The quantitative estimate of drug-likeness (QED) is 0.788. The summed E-state index contributed by atoms with van der Waals surface area (Å²) in [6, 6.07) is 13.5. The second-order valence-electron chi connectivity index (χ2n) is 8.28. The average molecular weight is 396 g/mol. The number of rotatable bonds is 6. The van der Waals surface area contributed by atoms with Gasteiger partial charge in [-0.15, -0.1) is 0 Å². The summed E-state index contributed by atoms with van der Waals surface area (Å²) in [5, 5.41) is 2.75. The van der Waals surface area contributed by atoms with Crippen molar-refractivity contribution in [2.24, 2.45) is 5.73 Å². The van der Waals surface area contributed by atoms with Crippen LogP contribution < -0.4 is 11.1 Å². The Morgan fingerprint density at radius 1 is 0.966 bits per heavy atom. The number of carbonyl (C=O) groups excluding carboxylic acids is 3. The normalized spacial score (nSPS) is 12.2. The Hall–Kier alpha value is -3.15. The minimum absolute atomic E-state index is 0.0105. The molecule has 0 aliphatic carbocycles. The van der Waals surface area contributed by atoms with Crippen LogP contribution in [-0.4, -0.2) is 35.7 Å². The van der Waals surface area contributed by atoms with E-state index in [1.165, 1.54) is 4.90 Å². The first-order valence-corrected chi connectivity index (χ1v) is 9.54. The van der Waals surface area contributed by atoms with E-state index in [1.807, 2.05) is 12.1 Å². The van der Waals surface area contributed by atoms with Crippen LogP contribution in [0.15, 0.2) is 48.5 Å². The lowest BCUT2D eigenvalue weighted by molar-refractivity contribution is -0.132. The number of carbonyl (C=O) groups is 3. The van der Waals surface area contributed by atoms with Gasteiger partial charge in [-0.3, -0.25) is 14.4 Å². The molecule has 0 heterocycles. The number of likely N-dealkylation sites (N-methyl/N-ethyl adjacent to an activating group) is 1. The third-order valence-electron chi connectivity index (χ3n) is 4.77. The van der Waals surface area contributed by atoms with Gasteiger partial charge in [-0.1, -0.05) is 45.0 Å². The van der Waals surface area contributed by atoms with Crippen LogP contribution in [0.2, 0.25) is 0 Å². The second kappa shape index (κ2) is 8.90. The van der Waals surface area contributed by atoms with Gasteiger partial charge >= 0.3 is 0 Å². The fourth-order valence-corrected chi connectivity index (χ4v) is 2.92. The fourth-order valence-electron chi connectivity index (χ4n) is 2.92. The zero-order valence-electron chi connectivity index (χ0n) is 17.7. The SMILES string of the molecule is C[C@H](NC(=O)c1ccc(C(C)(C)C)cc1)C(=O)N(C)Cc1ccc(C(N)=O)cc1. The number of nitrogens with two attached hydrogens (primary N) is 1. The molecule has 0 saturated heterocycles. The molecule has 6 nitrogen and oxygen atoms in total. The van der Waals surface area contributed by atoms with Crippen molar-refractivity contribution in [2.45, 2.75) is 45.7 Å². The maximum Gasteiger partial charge on any atom is 0.251 e. The Morgan fingerprint density at radius 3 is 1.97 bits per heavy atom. The van der Waals surface area contributed by atoms with Crippen molar-refractivity contribution in [1.29, 1.82) is 0 Å². The van der Waals surface area contributed by atoms with Gasteiger partial charge in [0.1, 0.15) is 6.04 Å². The number of hydrogen-bond acceptors (Lipinski definition) is 3. The number of hydrogen-bond donors (Lipinski definition) is 2. The summed E-state index contributed by atoms with van der Waals surface area (Å²) in [7, 11) is 1.67. The van der Waals surface area contributed by atoms with Crippen molar-refractivity contribution >= 4 is 17.7 Å². The maximum absolute atomic E-state index is 12.6. The van der Waals surface area contributed by atoms with Crippen molar-refractivity contribution in [3.63, 3.8) is 0 Å². The van der Waals surface area contributed by atoms with E-state index in [-0.39, 0.29) is 17.2 Å². The van der Waals surface area contributed by atoms with Gasteiger partial charge in [-0.05, 0) is 47.7 Å². The van der Waals surface area contributed by atoms with E-state index < -0.39 is 11.9 Å². The predicted molar refractivity (Wildman–Crippen MR) is 114 cm³/mol. The third-order valence-corrected chi connectivity index (χ3v) is 4.77. The molecular weight excluding hydrogens is 366 g/mol. The Bertz CT molecular complexity index is 881. The van der Waals surface area contributed by atoms with Crippen LogP contribution in [0.3, 0.4) is 0 Å². The minimum atomic E-state index is -0.667. The molecule has 0 aliphatic heterocycles. The predicted octanol–water partition coefficient (Wildman–Crippen LogP) is 2.86. The summed E-state index contributed by atoms with van der Waals surface area (Å²) in [6.07, 6.45) is 0. The molecule has 2 aromatic carbocycles. The molecule has 2 rings (SSSR count). The van der Waals surface area contributed by atoms with Crippen molar-refractivity contribution in [3.8, 4) is 0 Å². The Balaban J connectivity index is 1.96. The molecule has 6 heteroatoms. The maximum atomic E-state index is 12.6. The highest BCUT2D eigenvalue weighted by atomic mass is 16.2. The van der Waals surface area contributed by atoms with Gasteiger partial charge in [-0.2, -0.15) is 0 Å². The lowest BCUT2D eigenvalue weighted by atomic mass is 9.86. The molecule has 29 heavy (non-hydrogen) atoms. The van der Waals surface area contributed by atoms with Crippen molar-refractivity contribution in [2.75, 3.05) is 7.05 Å². The summed E-state index contributed by atoms with van der Waals surface area (Å²) in [6.45, 7) is 8.36. The highest BCUT2D eigenvalue weighted by Crippen LogP contribution is 2.22. The van der Waals surface area contributed by atoms with E-state index in [4.69, 9.17) is 5.73 Å². The Kier molecular flexibility index (Phi) is 6.80. The highest BCUT2D eigenvalue weighted by Gasteiger charge is 2.21. The number of primary amides is 1. The first kappa shape index (κ1) is 22.1. The summed E-state index contributed by atoms with van der Waals surface area (Å²) < 4.78 is 0. The van der Waals surface area contributed by atoms with Crippen LogP contribution >= 0.6 is 0 Å². The smallest absolute Gasteiger partial charge is 0.251 e. The zero-order valence-corrected chi connectivity index (χ0v) is 17.7. The van der Waals surface area contributed by atoms with Gasteiger partial charge in [0.05, 0.1) is 0 Å². The van der Waals surface area contributed by atoms with E-state index in [1.54, 1.807) is 50.4 Å². The highest BCUT2D eigenvalue weighted by molar-refractivity contribution is 5.97. The van der Waals surface area contributed by atoms with E-state index in [9.17, 15) is 14.4 Å². The van der Waals surface area contributed by atoms with E-state index in [0.717, 1.165) is 11.1 Å². The molecule has 1 atom stereocenters. The van der Waals surface area contributed by atoms with Gasteiger partial charge < -0.3 is 16.0 Å². The molecule has 0 saturated carbocycles. The van der Waals surface area contributed by atoms with Gasteiger partial charge in [0.15, 0.2) is 0 Å². The molecule has 3 N–H and O–H groups in total. The third kappa shape index (κ3) is 5.91. The number of benzene rings is 2. The molecule has 0 radical (unpaired) electrons. The first-order chi connectivity index (χ1) is 13.5. The molecular formula is C23H29N3O3. The lowest BCUT2D eigenvalue weighted by Gasteiger charge is -2.23. The molecule has 0 fully saturated rings. The van der Waals surface area contributed by atoms with Crippen LogP contribution in [0.5, 0.6) is 0 Å². The van der Waals surface area contributed by atoms with Crippen molar-refractivity contribution in [3.05, 3.63) is 70.8 Å². The van der Waals surface area contributed by atoms with E-state index >= 15 is 0 Å². The van der Waals surface area contributed by atoms with Crippen molar-refractivity contribution in [1.82, 2.24) is 10.2 Å². The Morgan fingerprint density at radius 2 is 1.48 bits per heavy atom. The molecule has 0 aliphatic rings. The summed E-state index contributed by atoms with van der Waals surface area (Å²) in [5.41, 5.74) is 8.18. The standard InChI is InChI=1S/C23H29N3O3/c1-15(25-21(28)18-10-12-19(13-11-18)23(2,3)4)22(29)26(5)14-16-6-8-17(9-7-16)20(24)27/h6-13,15H,14H2,1-5H3,(H2,24,27)(H,25,28)/t15-/m0/s1. The molecule has 0 bridgehead atoms. The van der Waals surface area contributed by atoms with Crippen LogP contribution in [0.25, 0.3) is 0 Å². The average Bonchev–Trinajstić information content (AvgIpc) is 2.67. The second-order valence-corrected chi connectivity index (χ2v) is 8.28. The first-order valence-electron chi connectivity index (χ1n) is 9.54. The van der Waals surface area contributed by atoms with Gasteiger partial charge in [0.2, 0.25) is 11.8 Å². The summed E-state index contributed by atoms with van der Waals surface area (Å²) >= 11 is 0. The minimum Gasteiger partial charge on any atom is -0.366 e. The van der Waals surface area contributed by atoms with Crippen LogP contribution in [0, 0.1) is 0 Å². The van der Waals surface area contributed by atoms with Crippen LogP contribution in [0.4, 0.5) is 0 Å². The monoisotopic (exact) mass is 395 g/mol. The molecule has 154 valence electrons. The zero-order chi connectivity index (χ0) is 21.8. The number of nitrogens with zero attached hydrogens (tertiary/aromatic N) is 1. The van der Waals surface area contributed by atoms with Gasteiger partial charge in [0, 0.05) is 24.7 Å². The van der Waals surface area contributed by atoms with E-state index in [2.05, 4.69) is 26.1 Å². The summed E-state index contributed by atoms with van der Waals surface area (Å²) in [4.78, 5) is 37.8. The van der Waals surface area contributed by atoms with E-state index in [0.29, 0.717) is 17.7 Å². The topological polar surface area (TPSA) is 92.5 Å². The van der Waals surface area contributed by atoms with Crippen LogP contribution in [-0.2, 0) is 16.8 Å². The van der Waals surface area contributed by atoms with Gasteiger partial charge in [0.25, 0.3) is 5.91 Å².